The number of fused-ring (bicyclic) bond motifs is 1. The van der Waals surface area contributed by atoms with E-state index in [1.165, 1.54) is 31.4 Å². The number of para-hydroxylation sites is 1. The highest BCUT2D eigenvalue weighted by atomic mass is 19.1. The Bertz CT molecular complexity index is 941. The number of carbonyl (C=O) groups is 2. The van der Waals surface area contributed by atoms with Gasteiger partial charge < -0.3 is 10.1 Å². The van der Waals surface area contributed by atoms with Gasteiger partial charge in [0, 0.05) is 23.1 Å². The first-order chi connectivity index (χ1) is 12.6. The number of nitrogens with zero attached hydrogens (tertiary/aromatic N) is 1. The Balaban J connectivity index is 1.79. The van der Waals surface area contributed by atoms with Crippen LogP contribution < -0.4 is 5.32 Å². The molecule has 0 saturated carbocycles. The van der Waals surface area contributed by atoms with E-state index in [1.54, 1.807) is 0 Å². The van der Waals surface area contributed by atoms with Crippen LogP contribution in [-0.4, -0.2) is 30.0 Å². The van der Waals surface area contributed by atoms with Gasteiger partial charge in [-0.25, -0.2) is 9.18 Å². The third-order valence-electron chi connectivity index (χ3n) is 3.97. The summed E-state index contributed by atoms with van der Waals surface area (Å²) in [5.41, 5.74) is 1.71. The van der Waals surface area contributed by atoms with Crippen molar-refractivity contribution < 1.29 is 18.7 Å². The van der Waals surface area contributed by atoms with Crippen molar-refractivity contribution in [2.75, 3.05) is 7.11 Å². The van der Waals surface area contributed by atoms with Crippen LogP contribution in [0.1, 0.15) is 16.1 Å². The van der Waals surface area contributed by atoms with Crippen molar-refractivity contribution >= 4 is 22.8 Å². The van der Waals surface area contributed by atoms with Crippen molar-refractivity contribution in [2.45, 2.75) is 12.5 Å². The summed E-state index contributed by atoms with van der Waals surface area (Å²) < 4.78 is 17.8. The lowest BCUT2D eigenvalue weighted by molar-refractivity contribution is -0.142. The predicted octanol–water partition coefficient (Wildman–Crippen LogP) is 2.89. The molecule has 0 fully saturated rings. The van der Waals surface area contributed by atoms with Crippen LogP contribution in [0.4, 0.5) is 4.39 Å². The number of methoxy groups -OCH3 is 1. The number of ether oxygens (including phenoxy) is 1. The second kappa shape index (κ2) is 7.74. The minimum absolute atomic E-state index is 0.185. The Kier molecular flexibility index (Phi) is 5.22. The maximum atomic E-state index is 13.0. The highest BCUT2D eigenvalue weighted by molar-refractivity contribution is 5.96. The van der Waals surface area contributed by atoms with Crippen molar-refractivity contribution in [1.82, 2.24) is 10.3 Å². The zero-order chi connectivity index (χ0) is 18.5. The number of halogens is 1. The summed E-state index contributed by atoms with van der Waals surface area (Å²) in [6.07, 6.45) is 0.185. The third-order valence-corrected chi connectivity index (χ3v) is 3.97. The van der Waals surface area contributed by atoms with Gasteiger partial charge in [-0.15, -0.1) is 0 Å². The number of pyridine rings is 1. The van der Waals surface area contributed by atoms with Crippen LogP contribution in [0.15, 0.2) is 60.7 Å². The average molecular weight is 352 g/mol. The van der Waals surface area contributed by atoms with E-state index in [1.807, 2.05) is 36.4 Å². The highest BCUT2D eigenvalue weighted by Crippen LogP contribution is 2.13. The molecule has 0 aliphatic heterocycles. The van der Waals surface area contributed by atoms with Gasteiger partial charge in [-0.05, 0) is 36.4 Å². The molecular weight excluding hydrogens is 335 g/mol. The van der Waals surface area contributed by atoms with Gasteiger partial charge in [0.1, 0.15) is 11.9 Å². The molecule has 132 valence electrons. The van der Waals surface area contributed by atoms with Crippen molar-refractivity contribution in [2.24, 2.45) is 0 Å². The molecule has 26 heavy (non-hydrogen) atoms. The maximum Gasteiger partial charge on any atom is 0.328 e. The lowest BCUT2D eigenvalue weighted by Crippen LogP contribution is -2.43. The van der Waals surface area contributed by atoms with E-state index in [2.05, 4.69) is 10.3 Å². The normalized spacial score (nSPS) is 11.8. The molecule has 0 bridgehead atoms. The van der Waals surface area contributed by atoms with E-state index in [9.17, 15) is 14.0 Å². The Morgan fingerprint density at radius 3 is 2.54 bits per heavy atom. The zero-order valence-electron chi connectivity index (χ0n) is 14.1. The summed E-state index contributed by atoms with van der Waals surface area (Å²) in [6, 6.07) is 15.5. The summed E-state index contributed by atoms with van der Waals surface area (Å²) in [6.45, 7) is 0. The summed E-state index contributed by atoms with van der Waals surface area (Å²) in [7, 11) is 1.26. The Morgan fingerprint density at radius 2 is 1.81 bits per heavy atom. The first kappa shape index (κ1) is 17.5. The molecule has 3 aromatic rings. The number of hydrogen-bond donors (Lipinski definition) is 1. The summed E-state index contributed by atoms with van der Waals surface area (Å²) in [5.74, 6) is -1.50. The number of carbonyl (C=O) groups excluding carboxylic acids is 2. The largest absolute Gasteiger partial charge is 0.467 e. The quantitative estimate of drug-likeness (QED) is 0.717. The lowest BCUT2D eigenvalue weighted by atomic mass is 10.1. The van der Waals surface area contributed by atoms with Crippen LogP contribution in [0.25, 0.3) is 10.9 Å². The van der Waals surface area contributed by atoms with Crippen LogP contribution in [0.3, 0.4) is 0 Å². The Hall–Kier alpha value is -3.28. The minimum Gasteiger partial charge on any atom is -0.467 e. The fourth-order valence-corrected chi connectivity index (χ4v) is 2.61. The predicted molar refractivity (Wildman–Crippen MR) is 95.1 cm³/mol. The number of esters is 1. The third kappa shape index (κ3) is 4.03. The van der Waals surface area contributed by atoms with Crippen LogP contribution >= 0.6 is 0 Å². The molecule has 1 heterocycles. The fourth-order valence-electron chi connectivity index (χ4n) is 2.61. The summed E-state index contributed by atoms with van der Waals surface area (Å²) in [5, 5.41) is 3.61. The van der Waals surface area contributed by atoms with E-state index in [4.69, 9.17) is 4.74 Å². The van der Waals surface area contributed by atoms with Gasteiger partial charge >= 0.3 is 5.97 Å². The molecule has 1 N–H and O–H groups in total. The molecule has 1 aromatic heterocycles. The number of nitrogens with one attached hydrogen (secondary N) is 1. The van der Waals surface area contributed by atoms with Crippen LogP contribution in [0, 0.1) is 5.82 Å². The molecule has 0 spiro atoms. The number of aromatic nitrogens is 1. The van der Waals surface area contributed by atoms with Crippen LogP contribution in [0.5, 0.6) is 0 Å². The Labute approximate surface area is 149 Å². The maximum absolute atomic E-state index is 13.0. The number of benzene rings is 2. The fraction of sp³-hybridized carbons (Fsp3) is 0.150. The summed E-state index contributed by atoms with van der Waals surface area (Å²) >= 11 is 0. The van der Waals surface area contributed by atoms with Crippen LogP contribution in [0.2, 0.25) is 0 Å². The lowest BCUT2D eigenvalue weighted by Gasteiger charge is -2.16. The first-order valence-corrected chi connectivity index (χ1v) is 8.06. The molecule has 1 atom stereocenters. The van der Waals surface area contributed by atoms with E-state index in [-0.39, 0.29) is 12.0 Å². The topological polar surface area (TPSA) is 68.3 Å². The second-order valence-electron chi connectivity index (χ2n) is 5.76. The van der Waals surface area contributed by atoms with Crippen molar-refractivity contribution in [3.8, 4) is 0 Å². The van der Waals surface area contributed by atoms with E-state index >= 15 is 0 Å². The number of amides is 1. The van der Waals surface area contributed by atoms with Crippen LogP contribution in [-0.2, 0) is 16.0 Å². The van der Waals surface area contributed by atoms with Gasteiger partial charge in [0.25, 0.3) is 5.91 Å². The molecule has 0 aliphatic rings. The first-order valence-electron chi connectivity index (χ1n) is 8.06. The molecule has 6 heteroatoms. The van der Waals surface area contributed by atoms with Gasteiger partial charge in [-0.2, -0.15) is 0 Å². The molecule has 0 aliphatic carbocycles. The van der Waals surface area contributed by atoms with E-state index in [0.717, 1.165) is 10.9 Å². The Morgan fingerprint density at radius 1 is 1.08 bits per heavy atom. The van der Waals surface area contributed by atoms with E-state index in [0.29, 0.717) is 5.69 Å². The molecule has 3 rings (SSSR count). The highest BCUT2D eigenvalue weighted by Gasteiger charge is 2.23. The van der Waals surface area contributed by atoms with Crippen molar-refractivity contribution in [1.29, 1.82) is 0 Å². The second-order valence-corrected chi connectivity index (χ2v) is 5.76. The molecular formula is C20H17FN2O3. The van der Waals surface area contributed by atoms with Gasteiger partial charge in [-0.1, -0.05) is 24.3 Å². The number of rotatable bonds is 5. The van der Waals surface area contributed by atoms with Gasteiger partial charge in [-0.3, -0.25) is 9.78 Å². The standard InChI is InChI=1S/C20H17FN2O3/c1-26-20(25)18(23-19(24)14-6-9-15(21)10-7-14)12-16-11-8-13-4-2-3-5-17(13)22-16/h2-11,18H,12H2,1H3,(H,23,24)/t18-/m1/s1. The van der Waals surface area contributed by atoms with Crippen molar-refractivity contribution in [3.63, 3.8) is 0 Å². The molecule has 1 amide bonds. The monoisotopic (exact) mass is 352 g/mol. The average Bonchev–Trinajstić information content (AvgIpc) is 2.67. The zero-order valence-corrected chi connectivity index (χ0v) is 14.1. The van der Waals surface area contributed by atoms with Gasteiger partial charge in [0.05, 0.1) is 12.6 Å². The van der Waals surface area contributed by atoms with Gasteiger partial charge in [0.2, 0.25) is 0 Å². The molecule has 0 radical (unpaired) electrons. The molecule has 0 saturated heterocycles. The summed E-state index contributed by atoms with van der Waals surface area (Å²) in [4.78, 5) is 28.9. The molecule has 2 aromatic carbocycles. The molecule has 0 unspecified atom stereocenters. The smallest absolute Gasteiger partial charge is 0.328 e. The van der Waals surface area contributed by atoms with E-state index < -0.39 is 23.7 Å². The van der Waals surface area contributed by atoms with Crippen molar-refractivity contribution in [3.05, 3.63) is 77.7 Å². The molecule has 5 nitrogen and oxygen atoms in total. The number of hydrogen-bond acceptors (Lipinski definition) is 4. The minimum atomic E-state index is -0.897. The SMILES string of the molecule is COC(=O)[C@@H](Cc1ccc2ccccc2n1)NC(=O)c1ccc(F)cc1. The van der Waals surface area contributed by atoms with Gasteiger partial charge in [0.15, 0.2) is 0 Å².